The summed E-state index contributed by atoms with van der Waals surface area (Å²) in [4.78, 5) is 11.0. The van der Waals surface area contributed by atoms with Crippen LogP contribution in [-0.4, -0.2) is 41.2 Å². The quantitative estimate of drug-likeness (QED) is 0.848. The molecule has 5 nitrogen and oxygen atoms in total. The highest BCUT2D eigenvalue weighted by Crippen LogP contribution is 2.30. The molecule has 116 valence electrons. The van der Waals surface area contributed by atoms with Gasteiger partial charge in [0.1, 0.15) is 18.5 Å². The number of ether oxygens (including phenoxy) is 2. The van der Waals surface area contributed by atoms with Gasteiger partial charge < -0.3 is 9.47 Å². The second-order valence-electron chi connectivity index (χ2n) is 5.51. The van der Waals surface area contributed by atoms with Crippen LogP contribution in [0.25, 0.3) is 0 Å². The summed E-state index contributed by atoms with van der Waals surface area (Å²) in [6.07, 6.45) is 2.71. The van der Waals surface area contributed by atoms with Gasteiger partial charge in [-0.25, -0.2) is 9.97 Å². The Kier molecular flexibility index (Phi) is 4.53. The number of rotatable bonds is 5. The summed E-state index contributed by atoms with van der Waals surface area (Å²) >= 11 is 0. The lowest BCUT2D eigenvalue weighted by Gasteiger charge is -2.29. The number of nitrogens with zero attached hydrogens (tertiary/aromatic N) is 3. The number of fused-ring (bicyclic) bond motifs is 1. The van der Waals surface area contributed by atoms with E-state index in [0.717, 1.165) is 42.5 Å². The zero-order chi connectivity index (χ0) is 15.4. The molecule has 1 aromatic heterocycles. The number of likely N-dealkylation sites (N-methyl/N-ethyl adjacent to an activating group) is 1. The lowest BCUT2D eigenvalue weighted by atomic mass is 10.2. The van der Waals surface area contributed by atoms with Crippen LogP contribution < -0.4 is 9.47 Å². The van der Waals surface area contributed by atoms with Crippen LogP contribution in [0.1, 0.15) is 18.4 Å². The molecule has 0 aliphatic carbocycles. The van der Waals surface area contributed by atoms with Crippen LogP contribution in [0.3, 0.4) is 0 Å². The molecule has 5 heteroatoms. The first-order chi connectivity index (χ1) is 10.7. The highest BCUT2D eigenvalue weighted by Gasteiger charge is 2.22. The zero-order valence-electron chi connectivity index (χ0n) is 13.0. The normalized spacial score (nSPS) is 16.8. The summed E-state index contributed by atoms with van der Waals surface area (Å²) in [5.74, 6) is 2.53. The van der Waals surface area contributed by atoms with Gasteiger partial charge in [0.15, 0.2) is 11.5 Å². The van der Waals surface area contributed by atoms with Crippen molar-refractivity contribution in [2.45, 2.75) is 26.0 Å². The van der Waals surface area contributed by atoms with Crippen molar-refractivity contribution in [3.63, 3.8) is 0 Å². The van der Waals surface area contributed by atoms with E-state index in [1.54, 1.807) is 0 Å². The molecule has 0 fully saturated rings. The van der Waals surface area contributed by atoms with Crippen LogP contribution in [0.15, 0.2) is 36.5 Å². The minimum atomic E-state index is 0.0346. The molecule has 1 aliphatic heterocycles. The Morgan fingerprint density at radius 2 is 2.05 bits per heavy atom. The van der Waals surface area contributed by atoms with E-state index in [9.17, 15) is 0 Å². The fourth-order valence-electron chi connectivity index (χ4n) is 2.54. The van der Waals surface area contributed by atoms with E-state index in [0.29, 0.717) is 6.61 Å². The minimum absolute atomic E-state index is 0.0346. The van der Waals surface area contributed by atoms with E-state index in [1.807, 2.05) is 36.5 Å². The van der Waals surface area contributed by atoms with Gasteiger partial charge in [0.05, 0.1) is 5.69 Å². The van der Waals surface area contributed by atoms with Crippen molar-refractivity contribution < 1.29 is 9.47 Å². The molecule has 0 bridgehead atoms. The second-order valence-corrected chi connectivity index (χ2v) is 5.51. The molecule has 22 heavy (non-hydrogen) atoms. The van der Waals surface area contributed by atoms with Crippen LogP contribution in [0.5, 0.6) is 11.5 Å². The third-order valence-corrected chi connectivity index (χ3v) is 3.59. The van der Waals surface area contributed by atoms with Gasteiger partial charge in [0, 0.05) is 25.7 Å². The van der Waals surface area contributed by atoms with Crippen LogP contribution in [-0.2, 0) is 13.0 Å². The molecule has 2 aromatic rings. The maximum atomic E-state index is 5.99. The first-order valence-electron chi connectivity index (χ1n) is 7.62. The van der Waals surface area contributed by atoms with Gasteiger partial charge >= 0.3 is 0 Å². The smallest absolute Gasteiger partial charge is 0.161 e. The molecule has 0 saturated carbocycles. The van der Waals surface area contributed by atoms with Crippen LogP contribution >= 0.6 is 0 Å². The standard InChI is InChI=1S/C17H21N3O2/c1-3-17-18-9-8-13(19-17)10-20(2)11-14-12-21-15-6-4-5-7-16(15)22-14/h4-9,14H,3,10-12H2,1-2H3. The third kappa shape index (κ3) is 3.54. The topological polar surface area (TPSA) is 47.5 Å². The van der Waals surface area contributed by atoms with E-state index in [2.05, 4.69) is 28.8 Å². The highest BCUT2D eigenvalue weighted by atomic mass is 16.6. The molecule has 0 saturated heterocycles. The molecule has 0 amide bonds. The van der Waals surface area contributed by atoms with Gasteiger partial charge in [-0.05, 0) is 25.2 Å². The van der Waals surface area contributed by atoms with Gasteiger partial charge in [0.25, 0.3) is 0 Å². The molecule has 2 heterocycles. The van der Waals surface area contributed by atoms with Crippen molar-refractivity contribution >= 4 is 0 Å². The molecule has 1 aliphatic rings. The van der Waals surface area contributed by atoms with E-state index < -0.39 is 0 Å². The van der Waals surface area contributed by atoms with Crippen molar-refractivity contribution in [2.75, 3.05) is 20.2 Å². The Labute approximate surface area is 130 Å². The largest absolute Gasteiger partial charge is 0.486 e. The van der Waals surface area contributed by atoms with Crippen molar-refractivity contribution in [1.82, 2.24) is 14.9 Å². The maximum absolute atomic E-state index is 5.99. The molecule has 0 radical (unpaired) electrons. The van der Waals surface area contributed by atoms with E-state index in [4.69, 9.17) is 9.47 Å². The minimum Gasteiger partial charge on any atom is -0.486 e. The predicted octanol–water partition coefficient (Wildman–Crippen LogP) is 2.31. The van der Waals surface area contributed by atoms with Gasteiger partial charge in [-0.2, -0.15) is 0 Å². The Morgan fingerprint density at radius 3 is 2.86 bits per heavy atom. The number of aromatic nitrogens is 2. The number of benzene rings is 1. The van der Waals surface area contributed by atoms with E-state index in [-0.39, 0.29) is 6.10 Å². The summed E-state index contributed by atoms with van der Waals surface area (Å²) in [6.45, 7) is 4.20. The molecule has 1 unspecified atom stereocenters. The lowest BCUT2D eigenvalue weighted by molar-refractivity contribution is 0.0635. The lowest BCUT2D eigenvalue weighted by Crippen LogP contribution is -2.39. The van der Waals surface area contributed by atoms with Crippen molar-refractivity contribution in [1.29, 1.82) is 0 Å². The number of hydrogen-bond donors (Lipinski definition) is 0. The van der Waals surface area contributed by atoms with Gasteiger partial charge in [0.2, 0.25) is 0 Å². The summed E-state index contributed by atoms with van der Waals surface area (Å²) in [7, 11) is 2.07. The van der Waals surface area contributed by atoms with E-state index >= 15 is 0 Å². The Balaban J connectivity index is 1.57. The summed E-state index contributed by atoms with van der Waals surface area (Å²) < 4.78 is 11.7. The van der Waals surface area contributed by atoms with Gasteiger partial charge in [-0.3, -0.25) is 4.90 Å². The van der Waals surface area contributed by atoms with Crippen LogP contribution in [0.4, 0.5) is 0 Å². The molecule has 0 spiro atoms. The van der Waals surface area contributed by atoms with Crippen molar-refractivity contribution in [3.05, 3.63) is 48.0 Å². The Hall–Kier alpha value is -2.14. The first-order valence-corrected chi connectivity index (χ1v) is 7.62. The molecular weight excluding hydrogens is 278 g/mol. The fraction of sp³-hybridized carbons (Fsp3) is 0.412. The SMILES string of the molecule is CCc1nccc(CN(C)CC2COc3ccccc3O2)n1. The number of hydrogen-bond acceptors (Lipinski definition) is 5. The second kappa shape index (κ2) is 6.75. The Morgan fingerprint density at radius 1 is 1.23 bits per heavy atom. The maximum Gasteiger partial charge on any atom is 0.161 e. The van der Waals surface area contributed by atoms with Crippen molar-refractivity contribution in [3.8, 4) is 11.5 Å². The predicted molar refractivity (Wildman–Crippen MR) is 84.1 cm³/mol. The molecule has 3 rings (SSSR count). The summed E-state index contributed by atoms with van der Waals surface area (Å²) in [5, 5.41) is 0. The van der Waals surface area contributed by atoms with E-state index in [1.165, 1.54) is 0 Å². The number of aryl methyl sites for hydroxylation is 1. The van der Waals surface area contributed by atoms with Gasteiger partial charge in [-0.1, -0.05) is 19.1 Å². The third-order valence-electron chi connectivity index (χ3n) is 3.59. The monoisotopic (exact) mass is 299 g/mol. The average Bonchev–Trinajstić information content (AvgIpc) is 2.55. The van der Waals surface area contributed by atoms with Crippen LogP contribution in [0.2, 0.25) is 0 Å². The van der Waals surface area contributed by atoms with Crippen molar-refractivity contribution in [2.24, 2.45) is 0 Å². The molecular formula is C17H21N3O2. The zero-order valence-corrected chi connectivity index (χ0v) is 13.0. The molecule has 0 N–H and O–H groups in total. The highest BCUT2D eigenvalue weighted by molar-refractivity contribution is 5.40. The van der Waals surface area contributed by atoms with Gasteiger partial charge in [-0.15, -0.1) is 0 Å². The first kappa shape index (κ1) is 14.8. The fourth-order valence-corrected chi connectivity index (χ4v) is 2.54. The molecule has 1 atom stereocenters. The summed E-state index contributed by atoms with van der Waals surface area (Å²) in [5.41, 5.74) is 1.03. The van der Waals surface area contributed by atoms with Crippen LogP contribution in [0, 0.1) is 0 Å². The number of para-hydroxylation sites is 2. The Bertz CT molecular complexity index is 633. The molecule has 1 aromatic carbocycles. The average molecular weight is 299 g/mol. The summed E-state index contributed by atoms with van der Waals surface area (Å²) in [6, 6.07) is 9.75.